The van der Waals surface area contributed by atoms with E-state index in [1.807, 2.05) is 6.08 Å². The Balaban J connectivity index is 1.56. The number of halogens is 2. The van der Waals surface area contributed by atoms with Crippen LogP contribution in [0.3, 0.4) is 0 Å². The number of β-amino-alcohol motifs (C(OH)–C–C–N with tert-alkyl or cyclic N) is 1. The minimum atomic E-state index is -1.57. The standard InChI is InChI=1S/C26H23ClFN7O4S/c1-14-6-7-26(38,25-30-15(2)22(31-25)19-11-40-23(21(19)28)24(36)37)12-34(39-3)10-16(8-14)18-9-17(27)4-5-20(18)35-13-29-32-33-35/h4-5,8-11,13,38H,1,6-7,12H2,2-3H3,(H-,30,31,36,37)/p+1/b16-8+,34-10+. The number of carboxylic acids is 1. The molecule has 0 saturated heterocycles. The molecule has 0 saturated carbocycles. The van der Waals surface area contributed by atoms with Crippen LogP contribution in [0.15, 0.2) is 48.1 Å². The van der Waals surface area contributed by atoms with Crippen LogP contribution in [-0.2, 0) is 10.4 Å². The first-order valence-corrected chi connectivity index (χ1v) is 13.2. The summed E-state index contributed by atoms with van der Waals surface area (Å²) in [6, 6.07) is 5.29. The van der Waals surface area contributed by atoms with Crippen LogP contribution in [0.25, 0.3) is 22.5 Å². The molecular formula is C26H24ClFN7O4S+. The predicted molar refractivity (Wildman–Crippen MR) is 146 cm³/mol. The highest BCUT2D eigenvalue weighted by Gasteiger charge is 2.40. The number of carbonyl (C=O) groups is 1. The maximum Gasteiger partial charge on any atom is 0.348 e. The molecule has 0 fully saturated rings. The minimum Gasteiger partial charge on any atom is -0.477 e. The summed E-state index contributed by atoms with van der Waals surface area (Å²) in [5.74, 6) is -2.02. The normalized spacial score (nSPS) is 20.6. The van der Waals surface area contributed by atoms with Crippen LogP contribution in [0.5, 0.6) is 0 Å². The highest BCUT2D eigenvalue weighted by Crippen LogP contribution is 2.36. The molecule has 3 aromatic heterocycles. The van der Waals surface area contributed by atoms with Gasteiger partial charge in [-0.1, -0.05) is 23.8 Å². The van der Waals surface area contributed by atoms with Crippen LogP contribution in [0.2, 0.25) is 5.02 Å². The number of hydrogen-bond donors (Lipinski definition) is 3. The second-order valence-electron chi connectivity index (χ2n) is 9.24. The van der Waals surface area contributed by atoms with E-state index < -0.39 is 22.3 Å². The number of hydroxylamine groups is 1. The van der Waals surface area contributed by atoms with E-state index in [1.165, 1.54) is 28.2 Å². The van der Waals surface area contributed by atoms with Gasteiger partial charge in [0.1, 0.15) is 24.1 Å². The van der Waals surface area contributed by atoms with Crippen LogP contribution >= 0.6 is 22.9 Å². The topological polar surface area (TPSA) is 142 Å². The highest BCUT2D eigenvalue weighted by molar-refractivity contribution is 7.12. The number of nitrogens with one attached hydrogen (secondary N) is 1. The molecule has 1 aliphatic heterocycles. The van der Waals surface area contributed by atoms with Crippen LogP contribution in [0.1, 0.15) is 39.6 Å². The largest absolute Gasteiger partial charge is 0.477 e. The molecule has 1 atom stereocenters. The molecule has 4 heterocycles. The maximum atomic E-state index is 14.8. The first-order valence-electron chi connectivity index (χ1n) is 12.0. The van der Waals surface area contributed by atoms with E-state index in [2.05, 4.69) is 32.1 Å². The van der Waals surface area contributed by atoms with Crippen molar-refractivity contribution in [2.24, 2.45) is 0 Å². The van der Waals surface area contributed by atoms with Crippen LogP contribution < -0.4 is 0 Å². The number of tetrazole rings is 1. The number of aliphatic hydroxyl groups is 1. The molecule has 1 aliphatic rings. The smallest absolute Gasteiger partial charge is 0.348 e. The zero-order valence-corrected chi connectivity index (χ0v) is 23.0. The third-order valence-electron chi connectivity index (χ3n) is 6.54. The van der Waals surface area contributed by atoms with Gasteiger partial charge in [0.25, 0.3) is 0 Å². The number of allylic oxidation sites excluding steroid dienone is 3. The van der Waals surface area contributed by atoms with Gasteiger partial charge in [-0.2, -0.15) is 4.68 Å². The molecule has 5 rings (SSSR count). The van der Waals surface area contributed by atoms with E-state index in [0.717, 1.165) is 11.3 Å². The molecule has 0 radical (unpaired) electrons. The Bertz CT molecular complexity index is 1680. The molecule has 40 heavy (non-hydrogen) atoms. The van der Waals surface area contributed by atoms with Crippen molar-refractivity contribution in [3.63, 3.8) is 0 Å². The summed E-state index contributed by atoms with van der Waals surface area (Å²) in [6.07, 6.45) is 5.63. The van der Waals surface area contributed by atoms with Crippen molar-refractivity contribution in [3.8, 4) is 16.9 Å². The third-order valence-corrected chi connectivity index (χ3v) is 7.72. The van der Waals surface area contributed by atoms with Gasteiger partial charge in [0, 0.05) is 21.5 Å². The quantitative estimate of drug-likeness (QED) is 0.287. The summed E-state index contributed by atoms with van der Waals surface area (Å²) in [7, 11) is 1.47. The van der Waals surface area contributed by atoms with E-state index in [1.54, 1.807) is 31.3 Å². The molecule has 0 aliphatic carbocycles. The van der Waals surface area contributed by atoms with Crippen molar-refractivity contribution in [2.45, 2.75) is 25.4 Å². The van der Waals surface area contributed by atoms with Gasteiger partial charge in [0.05, 0.1) is 22.6 Å². The highest BCUT2D eigenvalue weighted by atomic mass is 35.5. The molecule has 206 valence electrons. The predicted octanol–water partition coefficient (Wildman–Crippen LogP) is 4.18. The molecule has 1 aromatic carbocycles. The Morgan fingerprint density at radius 3 is 2.85 bits per heavy atom. The Hall–Kier alpha value is -4.20. The molecular weight excluding hydrogens is 561 g/mol. The fraction of sp³-hybridized carbons (Fsp3) is 0.231. The Kier molecular flexibility index (Phi) is 7.36. The fourth-order valence-electron chi connectivity index (χ4n) is 4.50. The fourth-order valence-corrected chi connectivity index (χ4v) is 5.45. The summed E-state index contributed by atoms with van der Waals surface area (Å²) in [5.41, 5.74) is 1.96. The van der Waals surface area contributed by atoms with E-state index in [-0.39, 0.29) is 24.4 Å². The van der Waals surface area contributed by atoms with Crippen molar-refractivity contribution < 1.29 is 29.0 Å². The average molecular weight is 585 g/mol. The SMILES string of the molecule is C=C1/C=C(c2cc(Cl)ccc2-n2cnnn2)\C=[N+](\OC)CC(O)(c2nc(C)c(-c3csc(C(=O)O)c3F)[nH]2)CC1. The number of aryl methyl sites for hydroxylation is 1. The van der Waals surface area contributed by atoms with E-state index in [9.17, 15) is 19.4 Å². The summed E-state index contributed by atoms with van der Waals surface area (Å²) >= 11 is 7.14. The lowest BCUT2D eigenvalue weighted by Crippen LogP contribution is -2.38. The third kappa shape index (κ3) is 5.18. The minimum absolute atomic E-state index is 0.0478. The molecule has 0 spiro atoms. The van der Waals surface area contributed by atoms with Crippen molar-refractivity contribution in [2.75, 3.05) is 13.7 Å². The number of aromatic amines is 1. The van der Waals surface area contributed by atoms with Gasteiger partial charge >= 0.3 is 5.97 Å². The molecule has 14 heteroatoms. The van der Waals surface area contributed by atoms with Crippen LogP contribution in [0.4, 0.5) is 4.39 Å². The molecule has 0 bridgehead atoms. The summed E-state index contributed by atoms with van der Waals surface area (Å²) < 4.78 is 17.8. The molecule has 0 amide bonds. The number of hydrogen-bond acceptors (Lipinski definition) is 8. The first kappa shape index (κ1) is 27.4. The Morgan fingerprint density at radius 2 is 2.17 bits per heavy atom. The monoisotopic (exact) mass is 584 g/mol. The number of rotatable bonds is 6. The van der Waals surface area contributed by atoms with Gasteiger partial charge in [0.15, 0.2) is 11.4 Å². The molecule has 1 unspecified atom stereocenters. The number of aromatic carboxylic acids is 1. The average Bonchev–Trinajstić information content (AvgIpc) is 3.67. The lowest BCUT2D eigenvalue weighted by molar-refractivity contribution is -0.784. The lowest BCUT2D eigenvalue weighted by atomic mass is 9.93. The van der Waals surface area contributed by atoms with E-state index >= 15 is 0 Å². The first-order chi connectivity index (χ1) is 19.1. The summed E-state index contributed by atoms with van der Waals surface area (Å²) in [6.45, 7) is 5.79. The van der Waals surface area contributed by atoms with Gasteiger partial charge in [-0.25, -0.2) is 14.2 Å². The zero-order chi connectivity index (χ0) is 28.6. The number of imidazole rings is 1. The second kappa shape index (κ2) is 10.8. The van der Waals surface area contributed by atoms with Crippen LogP contribution in [-0.4, -0.2) is 71.0 Å². The van der Waals surface area contributed by atoms with E-state index in [0.29, 0.717) is 45.2 Å². The number of thiophene rings is 1. The van der Waals surface area contributed by atoms with Gasteiger partial charge in [-0.3, -0.25) is 4.84 Å². The molecule has 4 aromatic rings. The number of aromatic nitrogens is 6. The Morgan fingerprint density at radius 1 is 1.38 bits per heavy atom. The van der Waals surface area contributed by atoms with Crippen LogP contribution in [0, 0.1) is 12.7 Å². The summed E-state index contributed by atoms with van der Waals surface area (Å²) in [4.78, 5) is 24.1. The van der Waals surface area contributed by atoms with E-state index in [4.69, 9.17) is 16.4 Å². The van der Waals surface area contributed by atoms with Gasteiger partial charge in [-0.15, -0.1) is 16.4 Å². The number of benzene rings is 1. The van der Waals surface area contributed by atoms with Gasteiger partial charge in [-0.05, 0) is 59.2 Å². The van der Waals surface area contributed by atoms with Crippen molar-refractivity contribution in [1.82, 2.24) is 30.2 Å². The molecule has 11 nitrogen and oxygen atoms in total. The lowest BCUT2D eigenvalue weighted by Gasteiger charge is -2.22. The molecule has 3 N–H and O–H groups in total. The number of carboxylic acid groups (broad SMARTS) is 1. The second-order valence-corrected chi connectivity index (χ2v) is 10.6. The zero-order valence-electron chi connectivity index (χ0n) is 21.4. The van der Waals surface area contributed by atoms with Crippen molar-refractivity contribution in [1.29, 1.82) is 0 Å². The van der Waals surface area contributed by atoms with Gasteiger partial charge < -0.3 is 15.2 Å². The number of H-pyrrole nitrogens is 1. The maximum absolute atomic E-state index is 14.8. The van der Waals surface area contributed by atoms with Gasteiger partial charge in [0.2, 0.25) is 12.8 Å². The Labute approximate surface area is 236 Å². The van der Waals surface area contributed by atoms with Crippen molar-refractivity contribution >= 4 is 40.7 Å². The number of nitrogens with zero attached hydrogens (tertiary/aromatic N) is 6. The van der Waals surface area contributed by atoms with Crippen molar-refractivity contribution in [3.05, 3.63) is 80.9 Å². The summed E-state index contributed by atoms with van der Waals surface area (Å²) in [5, 5.41) is 34.5.